The van der Waals surface area contributed by atoms with Crippen molar-refractivity contribution in [1.82, 2.24) is 0 Å². The van der Waals surface area contributed by atoms with Gasteiger partial charge in [-0.2, -0.15) is 0 Å². The quantitative estimate of drug-likeness (QED) is 0.572. The minimum Gasteiger partial charge on any atom is -0.0890 e. The van der Waals surface area contributed by atoms with E-state index in [2.05, 4.69) is 38.3 Å². The van der Waals surface area contributed by atoms with Crippen LogP contribution in [0, 0.1) is 6.42 Å². The molecule has 2 unspecified atom stereocenters. The van der Waals surface area contributed by atoms with Crippen molar-refractivity contribution >= 4 is 31.9 Å². The fourth-order valence-electron chi connectivity index (χ4n) is 0.928. The number of rotatable bonds is 0. The van der Waals surface area contributed by atoms with Crippen molar-refractivity contribution in [2.75, 3.05) is 0 Å². The minimum absolute atomic E-state index is 0.723. The van der Waals surface area contributed by atoms with Gasteiger partial charge >= 0.3 is 0 Å². The molecule has 0 aromatic rings. The van der Waals surface area contributed by atoms with Crippen LogP contribution in [0.3, 0.4) is 0 Å². The zero-order chi connectivity index (χ0) is 5.98. The lowest BCUT2D eigenvalue weighted by molar-refractivity contribution is 0.635. The summed E-state index contributed by atoms with van der Waals surface area (Å²) in [5.74, 6) is 0. The molecule has 47 valence electrons. The zero-order valence-corrected chi connectivity index (χ0v) is 7.78. The fourth-order valence-corrected chi connectivity index (χ4v) is 2.86. The van der Waals surface area contributed by atoms with E-state index in [1.165, 1.54) is 19.3 Å². The highest BCUT2D eigenvalue weighted by molar-refractivity contribution is 9.10. The molecule has 0 heterocycles. The average Bonchev–Trinajstić information content (AvgIpc) is 1.64. The maximum atomic E-state index is 3.57. The third-order valence-corrected chi connectivity index (χ3v) is 2.85. The van der Waals surface area contributed by atoms with E-state index in [1.54, 1.807) is 0 Å². The first-order chi connectivity index (χ1) is 3.79. The van der Waals surface area contributed by atoms with Gasteiger partial charge < -0.3 is 0 Å². The molecular weight excluding hydrogens is 232 g/mol. The van der Waals surface area contributed by atoms with E-state index in [9.17, 15) is 0 Å². The van der Waals surface area contributed by atoms with Gasteiger partial charge in [-0.3, -0.25) is 0 Å². The van der Waals surface area contributed by atoms with Gasteiger partial charge in [-0.05, 0) is 25.7 Å². The lowest BCUT2D eigenvalue weighted by Gasteiger charge is -2.19. The molecule has 0 aromatic heterocycles. The number of hydrogen-bond donors (Lipinski definition) is 0. The molecule has 1 fully saturated rings. The van der Waals surface area contributed by atoms with Crippen LogP contribution in [0.4, 0.5) is 0 Å². The van der Waals surface area contributed by atoms with Crippen LogP contribution in [0.15, 0.2) is 0 Å². The lowest BCUT2D eigenvalue weighted by atomic mass is 10.0. The molecular formula is C6H9Br2. The molecule has 0 nitrogen and oxygen atoms in total. The van der Waals surface area contributed by atoms with Crippen molar-refractivity contribution in [1.29, 1.82) is 0 Å². The van der Waals surface area contributed by atoms with Gasteiger partial charge in [0.25, 0.3) is 0 Å². The highest BCUT2D eigenvalue weighted by Gasteiger charge is 2.16. The van der Waals surface area contributed by atoms with Gasteiger partial charge in [0.2, 0.25) is 0 Å². The average molecular weight is 241 g/mol. The third-order valence-electron chi connectivity index (χ3n) is 1.36. The molecule has 0 amide bonds. The first-order valence-electron chi connectivity index (χ1n) is 2.89. The van der Waals surface area contributed by atoms with Crippen molar-refractivity contribution in [3.63, 3.8) is 0 Å². The Bertz CT molecular complexity index is 64.9. The lowest BCUT2D eigenvalue weighted by Crippen LogP contribution is -2.14. The third kappa shape index (κ3) is 2.06. The van der Waals surface area contributed by atoms with Crippen LogP contribution < -0.4 is 0 Å². The Labute approximate surface area is 67.3 Å². The topological polar surface area (TPSA) is 0 Å². The Morgan fingerprint density at radius 1 is 1.12 bits per heavy atom. The van der Waals surface area contributed by atoms with Crippen LogP contribution in [-0.2, 0) is 0 Å². The smallest absolute Gasteiger partial charge is 0.0159 e. The number of hydrogen-bond acceptors (Lipinski definition) is 0. The van der Waals surface area contributed by atoms with Crippen LogP contribution in [0.2, 0.25) is 0 Å². The van der Waals surface area contributed by atoms with Crippen LogP contribution in [0.25, 0.3) is 0 Å². The predicted octanol–water partition coefficient (Wildman–Crippen LogP) is 2.90. The standard InChI is InChI=1S/C6H9Br2/c7-5-2-1-3-6(8)4-5/h1,5-6H,2-4H2. The van der Waals surface area contributed by atoms with E-state index in [4.69, 9.17) is 0 Å². The van der Waals surface area contributed by atoms with Crippen LogP contribution >= 0.6 is 31.9 Å². The van der Waals surface area contributed by atoms with E-state index < -0.39 is 0 Å². The van der Waals surface area contributed by atoms with E-state index in [-0.39, 0.29) is 0 Å². The summed E-state index contributed by atoms with van der Waals surface area (Å²) in [4.78, 5) is 1.45. The Morgan fingerprint density at radius 3 is 1.88 bits per heavy atom. The molecule has 1 aliphatic rings. The van der Waals surface area contributed by atoms with E-state index in [0.717, 1.165) is 9.65 Å². The van der Waals surface area contributed by atoms with Gasteiger partial charge in [0, 0.05) is 9.65 Å². The normalized spacial score (nSPS) is 39.8. The summed E-state index contributed by atoms with van der Waals surface area (Å²) in [6.07, 6.45) is 6.09. The Balaban J connectivity index is 2.23. The van der Waals surface area contributed by atoms with Gasteiger partial charge in [-0.1, -0.05) is 31.9 Å². The van der Waals surface area contributed by atoms with Gasteiger partial charge in [-0.25, -0.2) is 0 Å². The highest BCUT2D eigenvalue weighted by atomic mass is 79.9. The molecule has 0 saturated heterocycles. The number of halogens is 2. The van der Waals surface area contributed by atoms with Crippen LogP contribution in [0.5, 0.6) is 0 Å². The molecule has 0 aliphatic heterocycles. The Kier molecular flexibility index (Phi) is 2.84. The first kappa shape index (κ1) is 7.07. The van der Waals surface area contributed by atoms with Crippen LogP contribution in [-0.4, -0.2) is 9.65 Å². The van der Waals surface area contributed by atoms with Gasteiger partial charge in [0.1, 0.15) is 0 Å². The molecule has 1 radical (unpaired) electrons. The predicted molar refractivity (Wildman–Crippen MR) is 43.6 cm³/mol. The summed E-state index contributed by atoms with van der Waals surface area (Å²) in [7, 11) is 0. The van der Waals surface area contributed by atoms with Crippen molar-refractivity contribution in [2.45, 2.75) is 28.9 Å². The molecule has 2 atom stereocenters. The van der Waals surface area contributed by atoms with Crippen molar-refractivity contribution < 1.29 is 0 Å². The van der Waals surface area contributed by atoms with E-state index in [1.807, 2.05) is 0 Å². The summed E-state index contributed by atoms with van der Waals surface area (Å²) in [5, 5.41) is 0. The summed E-state index contributed by atoms with van der Waals surface area (Å²) in [6, 6.07) is 0. The Hall–Kier alpha value is 0.960. The highest BCUT2D eigenvalue weighted by Crippen LogP contribution is 2.27. The summed E-state index contributed by atoms with van der Waals surface area (Å²) in [6.45, 7) is 0. The van der Waals surface area contributed by atoms with Crippen LogP contribution in [0.1, 0.15) is 19.3 Å². The first-order valence-corrected chi connectivity index (χ1v) is 4.72. The maximum Gasteiger partial charge on any atom is 0.0159 e. The molecule has 2 heteroatoms. The summed E-state index contributed by atoms with van der Waals surface area (Å²) >= 11 is 7.13. The summed E-state index contributed by atoms with van der Waals surface area (Å²) in [5.41, 5.74) is 0. The minimum atomic E-state index is 0.723. The second-order valence-electron chi connectivity index (χ2n) is 2.19. The largest absolute Gasteiger partial charge is 0.0890 e. The van der Waals surface area contributed by atoms with Crippen molar-refractivity contribution in [3.8, 4) is 0 Å². The van der Waals surface area contributed by atoms with E-state index >= 15 is 0 Å². The second kappa shape index (κ2) is 3.21. The molecule has 8 heavy (non-hydrogen) atoms. The van der Waals surface area contributed by atoms with Gasteiger partial charge in [-0.15, -0.1) is 0 Å². The molecule has 0 N–H and O–H groups in total. The fraction of sp³-hybridized carbons (Fsp3) is 0.833. The molecule has 1 aliphatic carbocycles. The molecule has 0 aromatic carbocycles. The van der Waals surface area contributed by atoms with E-state index in [0.29, 0.717) is 0 Å². The zero-order valence-electron chi connectivity index (χ0n) is 4.61. The molecule has 1 rings (SSSR count). The second-order valence-corrected chi connectivity index (χ2v) is 4.78. The van der Waals surface area contributed by atoms with Gasteiger partial charge in [0.05, 0.1) is 0 Å². The SMILES string of the molecule is BrC1C[CH]CC(Br)C1. The Morgan fingerprint density at radius 2 is 1.62 bits per heavy atom. The van der Waals surface area contributed by atoms with Crippen molar-refractivity contribution in [3.05, 3.63) is 6.42 Å². The number of alkyl halides is 2. The monoisotopic (exact) mass is 239 g/mol. The molecule has 0 bridgehead atoms. The molecule has 1 saturated carbocycles. The molecule has 0 spiro atoms. The summed E-state index contributed by atoms with van der Waals surface area (Å²) < 4.78 is 0. The van der Waals surface area contributed by atoms with Crippen molar-refractivity contribution in [2.24, 2.45) is 0 Å². The maximum absolute atomic E-state index is 3.57. The van der Waals surface area contributed by atoms with Gasteiger partial charge in [0.15, 0.2) is 0 Å².